The van der Waals surface area contributed by atoms with E-state index >= 15 is 0 Å². The minimum Gasteiger partial charge on any atom is -0.463 e. The molecule has 0 aliphatic carbocycles. The molecule has 2 atom stereocenters. The number of esters is 1. The lowest BCUT2D eigenvalue weighted by Crippen LogP contribution is -3.10. The van der Waals surface area contributed by atoms with Crippen molar-refractivity contribution < 1.29 is 24.0 Å². The van der Waals surface area contributed by atoms with Gasteiger partial charge in [-0.3, -0.25) is 4.79 Å². The Morgan fingerprint density at radius 2 is 1.92 bits per heavy atom. The van der Waals surface area contributed by atoms with E-state index in [9.17, 15) is 14.4 Å². The maximum absolute atomic E-state index is 12.3. The van der Waals surface area contributed by atoms with Gasteiger partial charge < -0.3 is 25.6 Å². The van der Waals surface area contributed by atoms with Gasteiger partial charge in [0.15, 0.2) is 6.54 Å². The number of hydrogen-bond acceptors (Lipinski definition) is 4. The number of nitrogens with one attached hydrogen (secondary N) is 4. The number of hydrogen-bond donors (Lipinski definition) is 4. The first-order chi connectivity index (χ1) is 11.6. The summed E-state index contributed by atoms with van der Waals surface area (Å²) in [6, 6.07) is -0.735. The molecular weight excluding hydrogens is 324 g/mol. The van der Waals surface area contributed by atoms with Crippen LogP contribution in [-0.4, -0.2) is 56.2 Å². The predicted molar refractivity (Wildman–Crippen MR) is 93.9 cm³/mol. The molecule has 1 aliphatic heterocycles. The third-order valence-electron chi connectivity index (χ3n) is 3.60. The van der Waals surface area contributed by atoms with Gasteiger partial charge >= 0.3 is 12.0 Å². The molecule has 1 aliphatic rings. The average molecular weight is 355 g/mol. The number of quaternary nitrogens is 1. The Balaban J connectivity index is 2.93. The number of urea groups is 1. The molecule has 1 heterocycles. The Morgan fingerprint density at radius 3 is 2.44 bits per heavy atom. The summed E-state index contributed by atoms with van der Waals surface area (Å²) in [5, 5.41) is 8.34. The minimum absolute atomic E-state index is 0.0874. The van der Waals surface area contributed by atoms with Crippen molar-refractivity contribution in [2.45, 2.75) is 52.6 Å². The molecule has 0 saturated carbocycles. The molecule has 0 aromatic carbocycles. The van der Waals surface area contributed by atoms with E-state index < -0.39 is 5.97 Å². The third kappa shape index (κ3) is 6.74. The maximum Gasteiger partial charge on any atom is 0.338 e. The molecule has 0 aromatic rings. The van der Waals surface area contributed by atoms with Crippen LogP contribution in [0.5, 0.6) is 0 Å². The first-order valence-electron chi connectivity index (χ1n) is 8.67. The van der Waals surface area contributed by atoms with E-state index in [1.165, 1.54) is 0 Å². The molecule has 0 spiro atoms. The molecule has 0 bridgehead atoms. The summed E-state index contributed by atoms with van der Waals surface area (Å²) in [7, 11) is 1.84. The smallest absolute Gasteiger partial charge is 0.338 e. The number of likely N-dealkylation sites (N-methyl/N-ethyl adjacent to an activating group) is 1. The highest BCUT2D eigenvalue weighted by molar-refractivity contribution is 5.94. The normalized spacial score (nSPS) is 19.0. The monoisotopic (exact) mass is 355 g/mol. The quantitative estimate of drug-likeness (QED) is 0.455. The zero-order chi connectivity index (χ0) is 19.2. The van der Waals surface area contributed by atoms with Crippen molar-refractivity contribution in [1.29, 1.82) is 0 Å². The maximum atomic E-state index is 12.3. The van der Waals surface area contributed by atoms with E-state index in [1.54, 1.807) is 6.92 Å². The number of amides is 3. The van der Waals surface area contributed by atoms with Gasteiger partial charge in [0, 0.05) is 5.54 Å². The van der Waals surface area contributed by atoms with Gasteiger partial charge in [0.2, 0.25) is 0 Å². The van der Waals surface area contributed by atoms with Gasteiger partial charge in [-0.15, -0.1) is 0 Å². The Bertz CT molecular complexity index is 551. The molecule has 3 amide bonds. The highest BCUT2D eigenvalue weighted by Gasteiger charge is 2.33. The van der Waals surface area contributed by atoms with Crippen LogP contribution in [0.15, 0.2) is 11.3 Å². The van der Waals surface area contributed by atoms with Crippen LogP contribution >= 0.6 is 0 Å². The van der Waals surface area contributed by atoms with Crippen molar-refractivity contribution in [3.8, 4) is 0 Å². The molecule has 25 heavy (non-hydrogen) atoms. The lowest BCUT2D eigenvalue weighted by molar-refractivity contribution is -0.866. The third-order valence-corrected chi connectivity index (χ3v) is 3.60. The molecule has 142 valence electrons. The summed E-state index contributed by atoms with van der Waals surface area (Å²) in [6.07, 6.45) is 0.578. The summed E-state index contributed by atoms with van der Waals surface area (Å²) >= 11 is 0. The van der Waals surface area contributed by atoms with Crippen LogP contribution in [0.4, 0.5) is 4.79 Å². The van der Waals surface area contributed by atoms with Crippen LogP contribution in [0.25, 0.3) is 0 Å². The van der Waals surface area contributed by atoms with Crippen LogP contribution < -0.4 is 20.9 Å². The van der Waals surface area contributed by atoms with Crippen molar-refractivity contribution >= 4 is 17.9 Å². The SMILES string of the molecule is CCOC(=O)C1=C(C[NH+](C)CC(=O)NC(C)(C)C)NC(=O)N[C@H]1CC. The van der Waals surface area contributed by atoms with Crippen LogP contribution in [0.2, 0.25) is 0 Å². The molecule has 0 fully saturated rings. The second-order valence-electron chi connectivity index (χ2n) is 7.28. The molecule has 0 saturated heterocycles. The van der Waals surface area contributed by atoms with Crippen LogP contribution in [0, 0.1) is 0 Å². The Morgan fingerprint density at radius 1 is 1.28 bits per heavy atom. The van der Waals surface area contributed by atoms with E-state index in [4.69, 9.17) is 4.74 Å². The summed E-state index contributed by atoms with van der Waals surface area (Å²) in [5.41, 5.74) is 0.637. The number of carbonyl (C=O) groups is 3. The summed E-state index contributed by atoms with van der Waals surface area (Å²) < 4.78 is 5.13. The van der Waals surface area contributed by atoms with Crippen molar-refractivity contribution in [3.63, 3.8) is 0 Å². The number of ether oxygens (including phenoxy) is 1. The molecule has 0 radical (unpaired) electrons. The van der Waals surface area contributed by atoms with E-state index in [-0.39, 0.29) is 36.7 Å². The molecule has 1 unspecified atom stereocenters. The van der Waals surface area contributed by atoms with Gasteiger partial charge in [0.05, 0.1) is 31.0 Å². The second kappa shape index (κ2) is 8.84. The Hall–Kier alpha value is -2.09. The van der Waals surface area contributed by atoms with E-state index in [2.05, 4.69) is 16.0 Å². The molecule has 1 rings (SSSR count). The van der Waals surface area contributed by atoms with Crippen molar-refractivity contribution in [2.75, 3.05) is 26.7 Å². The lowest BCUT2D eigenvalue weighted by Gasteiger charge is -2.29. The van der Waals surface area contributed by atoms with Gasteiger partial charge in [-0.05, 0) is 34.1 Å². The molecule has 8 nitrogen and oxygen atoms in total. The molecule has 8 heteroatoms. The fourth-order valence-electron chi connectivity index (χ4n) is 2.70. The fourth-order valence-corrected chi connectivity index (χ4v) is 2.70. The standard InChI is InChI=1S/C17H30N4O4/c1-7-11-14(15(23)25-8-2)12(19-16(24)18-11)9-21(6)10-13(22)20-17(3,4)5/h11H,7-10H2,1-6H3,(H,20,22)(H2,18,19,24)/p+1/t11-/m0/s1. The zero-order valence-corrected chi connectivity index (χ0v) is 16.0. The average Bonchev–Trinajstić information content (AvgIpc) is 2.44. The van der Waals surface area contributed by atoms with E-state index in [0.717, 1.165) is 4.90 Å². The van der Waals surface area contributed by atoms with E-state index in [0.29, 0.717) is 24.2 Å². The van der Waals surface area contributed by atoms with Crippen LogP contribution in [-0.2, 0) is 14.3 Å². The van der Waals surface area contributed by atoms with Gasteiger partial charge in [-0.1, -0.05) is 6.92 Å². The minimum atomic E-state index is -0.441. The van der Waals surface area contributed by atoms with Gasteiger partial charge in [-0.25, -0.2) is 9.59 Å². The Kier molecular flexibility index (Phi) is 7.41. The van der Waals surface area contributed by atoms with E-state index in [1.807, 2.05) is 34.7 Å². The van der Waals surface area contributed by atoms with Gasteiger partial charge in [0.25, 0.3) is 5.91 Å². The summed E-state index contributed by atoms with van der Waals surface area (Å²) in [5.74, 6) is -0.528. The first kappa shape index (κ1) is 21.0. The fraction of sp³-hybridized carbons (Fsp3) is 0.706. The van der Waals surface area contributed by atoms with Gasteiger partial charge in [0.1, 0.15) is 6.54 Å². The summed E-state index contributed by atoms with van der Waals surface area (Å²) in [6.45, 7) is 10.2. The van der Waals surface area contributed by atoms with Gasteiger partial charge in [-0.2, -0.15) is 0 Å². The zero-order valence-electron chi connectivity index (χ0n) is 16.0. The highest BCUT2D eigenvalue weighted by atomic mass is 16.5. The van der Waals surface area contributed by atoms with Crippen LogP contribution in [0.3, 0.4) is 0 Å². The Labute approximate surface area is 149 Å². The topological polar surface area (TPSA) is 101 Å². The van der Waals surface area contributed by atoms with Crippen molar-refractivity contribution in [1.82, 2.24) is 16.0 Å². The molecule has 4 N–H and O–H groups in total. The van der Waals surface area contributed by atoms with Crippen molar-refractivity contribution in [2.24, 2.45) is 0 Å². The van der Waals surface area contributed by atoms with Crippen LogP contribution in [0.1, 0.15) is 41.0 Å². The van der Waals surface area contributed by atoms with Crippen molar-refractivity contribution in [3.05, 3.63) is 11.3 Å². The second-order valence-corrected chi connectivity index (χ2v) is 7.28. The number of rotatable bonds is 7. The first-order valence-corrected chi connectivity index (χ1v) is 8.67. The highest BCUT2D eigenvalue weighted by Crippen LogP contribution is 2.16. The lowest BCUT2D eigenvalue weighted by atomic mass is 10.00. The molecular formula is C17H31N4O4+. The number of carbonyl (C=O) groups excluding carboxylic acids is 3. The largest absolute Gasteiger partial charge is 0.463 e. The summed E-state index contributed by atoms with van der Waals surface area (Å²) in [4.78, 5) is 37.1. The molecule has 0 aromatic heterocycles. The predicted octanol–water partition coefficient (Wildman–Crippen LogP) is -0.676.